The average Bonchev–Trinajstić information content (AvgIpc) is 3.55. The van der Waals surface area contributed by atoms with E-state index >= 15 is 0 Å². The highest BCUT2D eigenvalue weighted by atomic mass is 16.2. The minimum atomic E-state index is -0.647. The van der Waals surface area contributed by atoms with Gasteiger partial charge >= 0.3 is 0 Å². The lowest BCUT2D eigenvalue weighted by atomic mass is 9.99. The van der Waals surface area contributed by atoms with E-state index in [1.807, 2.05) is 73.7 Å². The molecule has 0 aliphatic carbocycles. The second kappa shape index (κ2) is 17.0. The van der Waals surface area contributed by atoms with Crippen LogP contribution in [0.15, 0.2) is 91.0 Å². The van der Waals surface area contributed by atoms with E-state index in [0.717, 1.165) is 77.7 Å². The summed E-state index contributed by atoms with van der Waals surface area (Å²) in [6.45, 7) is 12.1. The van der Waals surface area contributed by atoms with Crippen LogP contribution >= 0.6 is 0 Å². The monoisotopic (exact) mass is 646 g/mol. The summed E-state index contributed by atoms with van der Waals surface area (Å²) in [5.74, 6) is 0.475. The van der Waals surface area contributed by atoms with Crippen molar-refractivity contribution in [1.29, 1.82) is 0 Å². The van der Waals surface area contributed by atoms with E-state index in [9.17, 15) is 9.59 Å². The molecule has 2 amide bonds. The highest BCUT2D eigenvalue weighted by Crippen LogP contribution is 2.24. The Morgan fingerprint density at radius 2 is 1.50 bits per heavy atom. The molecule has 1 aromatic heterocycles. The molecule has 4 aromatic carbocycles. The fourth-order valence-corrected chi connectivity index (χ4v) is 6.34. The number of carbonyl (C=O) groups is 2. The first-order chi connectivity index (χ1) is 23.4. The number of fused-ring (bicyclic) bond motifs is 2. The molecule has 0 saturated heterocycles. The number of hydrogen-bond donors (Lipinski definition) is 4. The molecule has 0 spiro atoms. The summed E-state index contributed by atoms with van der Waals surface area (Å²) < 4.78 is 0. The highest BCUT2D eigenvalue weighted by Gasteiger charge is 2.24. The standard InChI is InChI=1S/C40H50N6O2/c1-5-24-46(25-6-2)26-12-19-37(40(48)42-28(3)33-16-11-14-31-13-7-8-15-34(31)33)45-39(47)32-22-20-30(21-23-32)27-41-29(4)38-43-35-17-9-10-18-36(35)44-38/h7-11,13-18,20-23,28-29,37,41H,5-6,12,19,24-27H2,1-4H3,(H,42,48)(H,43,44)(H,45,47)/t28-,29?,37-/m0/s1. The zero-order valence-electron chi connectivity index (χ0n) is 28.8. The van der Waals surface area contributed by atoms with Crippen LogP contribution in [0.5, 0.6) is 0 Å². The van der Waals surface area contributed by atoms with Gasteiger partial charge < -0.3 is 25.8 Å². The van der Waals surface area contributed by atoms with E-state index in [0.29, 0.717) is 18.5 Å². The molecule has 252 valence electrons. The van der Waals surface area contributed by atoms with Gasteiger partial charge in [-0.2, -0.15) is 0 Å². The number of rotatable bonds is 17. The van der Waals surface area contributed by atoms with Crippen molar-refractivity contribution in [1.82, 2.24) is 30.8 Å². The number of nitrogens with zero attached hydrogens (tertiary/aromatic N) is 2. The molecule has 0 saturated carbocycles. The number of amides is 2. The van der Waals surface area contributed by atoms with Crippen LogP contribution in [0, 0.1) is 0 Å². The fourth-order valence-electron chi connectivity index (χ4n) is 6.34. The van der Waals surface area contributed by atoms with Gasteiger partial charge in [-0.05, 0) is 105 Å². The Hall–Kier alpha value is -4.53. The van der Waals surface area contributed by atoms with E-state index in [4.69, 9.17) is 4.98 Å². The van der Waals surface area contributed by atoms with Crippen molar-refractivity contribution in [3.63, 3.8) is 0 Å². The van der Waals surface area contributed by atoms with Gasteiger partial charge in [-0.15, -0.1) is 0 Å². The lowest BCUT2D eigenvalue weighted by molar-refractivity contribution is -0.123. The molecule has 3 atom stereocenters. The number of hydrogen-bond acceptors (Lipinski definition) is 5. The quantitative estimate of drug-likeness (QED) is 0.0841. The van der Waals surface area contributed by atoms with Crippen LogP contribution in [-0.4, -0.2) is 52.4 Å². The van der Waals surface area contributed by atoms with Crippen molar-refractivity contribution in [2.75, 3.05) is 19.6 Å². The summed E-state index contributed by atoms with van der Waals surface area (Å²) in [6, 6.07) is 29.1. The largest absolute Gasteiger partial charge is 0.348 e. The van der Waals surface area contributed by atoms with Crippen molar-refractivity contribution in [3.05, 3.63) is 114 Å². The maximum atomic E-state index is 13.8. The first kappa shape index (κ1) is 34.8. The van der Waals surface area contributed by atoms with Crippen LogP contribution in [0.2, 0.25) is 0 Å². The predicted molar refractivity (Wildman–Crippen MR) is 196 cm³/mol. The third-order valence-electron chi connectivity index (χ3n) is 8.96. The molecule has 8 nitrogen and oxygen atoms in total. The lowest BCUT2D eigenvalue weighted by Gasteiger charge is -2.25. The summed E-state index contributed by atoms with van der Waals surface area (Å²) in [6.07, 6.45) is 3.56. The summed E-state index contributed by atoms with van der Waals surface area (Å²) in [7, 11) is 0. The van der Waals surface area contributed by atoms with Crippen LogP contribution in [0.4, 0.5) is 0 Å². The van der Waals surface area contributed by atoms with Crippen LogP contribution in [0.25, 0.3) is 21.8 Å². The van der Waals surface area contributed by atoms with Crippen molar-refractivity contribution in [2.24, 2.45) is 0 Å². The zero-order chi connectivity index (χ0) is 33.9. The van der Waals surface area contributed by atoms with Crippen molar-refractivity contribution >= 4 is 33.6 Å². The summed E-state index contributed by atoms with van der Waals surface area (Å²) in [5, 5.41) is 12.0. The van der Waals surface area contributed by atoms with Gasteiger partial charge in [-0.3, -0.25) is 9.59 Å². The molecule has 0 radical (unpaired) electrons. The average molecular weight is 647 g/mol. The minimum Gasteiger partial charge on any atom is -0.348 e. The minimum absolute atomic E-state index is 0.0292. The van der Waals surface area contributed by atoms with E-state index in [1.54, 1.807) is 0 Å². The van der Waals surface area contributed by atoms with Crippen LogP contribution < -0.4 is 16.0 Å². The van der Waals surface area contributed by atoms with Gasteiger partial charge in [0, 0.05) is 12.1 Å². The molecule has 0 aliphatic heterocycles. The van der Waals surface area contributed by atoms with E-state index in [-0.39, 0.29) is 23.9 Å². The number of benzene rings is 4. The number of carbonyl (C=O) groups excluding carboxylic acids is 2. The summed E-state index contributed by atoms with van der Waals surface area (Å²) in [5.41, 5.74) is 4.61. The first-order valence-corrected chi connectivity index (χ1v) is 17.4. The Balaban J connectivity index is 1.22. The molecular weight excluding hydrogens is 596 g/mol. The Morgan fingerprint density at radius 3 is 2.25 bits per heavy atom. The topological polar surface area (TPSA) is 102 Å². The normalized spacial score (nSPS) is 13.4. The summed E-state index contributed by atoms with van der Waals surface area (Å²) in [4.78, 5) is 37.8. The number of nitrogens with one attached hydrogen (secondary N) is 4. The number of para-hydroxylation sites is 2. The van der Waals surface area contributed by atoms with Crippen molar-refractivity contribution in [3.8, 4) is 0 Å². The third kappa shape index (κ3) is 9.08. The zero-order valence-corrected chi connectivity index (χ0v) is 28.8. The second-order valence-electron chi connectivity index (χ2n) is 12.7. The maximum absolute atomic E-state index is 13.8. The Bertz CT molecular complexity index is 1740. The van der Waals surface area contributed by atoms with Crippen LogP contribution in [-0.2, 0) is 11.3 Å². The highest BCUT2D eigenvalue weighted by molar-refractivity contribution is 5.97. The third-order valence-corrected chi connectivity index (χ3v) is 8.96. The van der Waals surface area contributed by atoms with Crippen LogP contribution in [0.3, 0.4) is 0 Å². The van der Waals surface area contributed by atoms with Gasteiger partial charge in [0.25, 0.3) is 5.91 Å². The fraction of sp³-hybridized carbons (Fsp3) is 0.375. The molecule has 5 rings (SSSR count). The van der Waals surface area contributed by atoms with Gasteiger partial charge in [0.1, 0.15) is 11.9 Å². The van der Waals surface area contributed by atoms with Gasteiger partial charge in [-0.25, -0.2) is 4.98 Å². The van der Waals surface area contributed by atoms with Crippen molar-refractivity contribution in [2.45, 2.75) is 78.0 Å². The summed E-state index contributed by atoms with van der Waals surface area (Å²) >= 11 is 0. The molecule has 5 aromatic rings. The van der Waals surface area contributed by atoms with E-state index in [1.165, 1.54) is 0 Å². The lowest BCUT2D eigenvalue weighted by Crippen LogP contribution is -2.47. The SMILES string of the molecule is CCCN(CCC)CCC[C@H](NC(=O)c1ccc(CNC(C)c2nc3ccccc3[nH]2)cc1)C(=O)N[C@@H](C)c1cccc2ccccc12. The van der Waals surface area contributed by atoms with Crippen LogP contribution in [0.1, 0.15) is 92.8 Å². The number of aromatic amines is 1. The maximum Gasteiger partial charge on any atom is 0.251 e. The Labute approximate surface area is 284 Å². The number of aromatic nitrogens is 2. The first-order valence-electron chi connectivity index (χ1n) is 17.4. The second-order valence-corrected chi connectivity index (χ2v) is 12.7. The molecular formula is C40H50N6O2. The smallest absolute Gasteiger partial charge is 0.251 e. The Morgan fingerprint density at radius 1 is 0.792 bits per heavy atom. The van der Waals surface area contributed by atoms with E-state index in [2.05, 4.69) is 70.9 Å². The van der Waals surface area contributed by atoms with Gasteiger partial charge in [0.05, 0.1) is 23.1 Å². The molecule has 4 N–H and O–H groups in total. The van der Waals surface area contributed by atoms with E-state index < -0.39 is 6.04 Å². The Kier molecular flexibility index (Phi) is 12.4. The molecule has 0 aliphatic rings. The number of imidazole rings is 1. The van der Waals surface area contributed by atoms with Gasteiger partial charge in [0.15, 0.2) is 0 Å². The molecule has 0 fully saturated rings. The molecule has 1 heterocycles. The van der Waals surface area contributed by atoms with Gasteiger partial charge in [0.2, 0.25) is 5.91 Å². The molecule has 0 bridgehead atoms. The molecule has 48 heavy (non-hydrogen) atoms. The van der Waals surface area contributed by atoms with Gasteiger partial charge in [-0.1, -0.05) is 80.6 Å². The molecule has 1 unspecified atom stereocenters. The van der Waals surface area contributed by atoms with Crippen molar-refractivity contribution < 1.29 is 9.59 Å². The predicted octanol–water partition coefficient (Wildman–Crippen LogP) is 7.44. The molecule has 8 heteroatoms. The number of H-pyrrole nitrogens is 1.